The van der Waals surface area contributed by atoms with Gasteiger partial charge in [0.25, 0.3) is 0 Å². The molecule has 0 saturated heterocycles. The minimum absolute atomic E-state index is 0.565. The van der Waals surface area contributed by atoms with Gasteiger partial charge in [-0.15, -0.1) is 0 Å². The van der Waals surface area contributed by atoms with Gasteiger partial charge in [-0.3, -0.25) is 0 Å². The van der Waals surface area contributed by atoms with Gasteiger partial charge in [-0.25, -0.2) is 0 Å². The van der Waals surface area contributed by atoms with Crippen molar-refractivity contribution >= 4 is 0 Å². The van der Waals surface area contributed by atoms with E-state index in [4.69, 9.17) is 4.42 Å². The van der Waals surface area contributed by atoms with Crippen LogP contribution in [0, 0.1) is 0 Å². The van der Waals surface area contributed by atoms with Crippen molar-refractivity contribution in [1.29, 1.82) is 0 Å². The smallest absolute Gasteiger partial charge is 0.107 e. The van der Waals surface area contributed by atoms with Crippen molar-refractivity contribution in [3.63, 3.8) is 0 Å². The van der Waals surface area contributed by atoms with Crippen LogP contribution in [-0.2, 0) is 0 Å². The van der Waals surface area contributed by atoms with Gasteiger partial charge in [0.1, 0.15) is 6.10 Å². The molecule has 2 nitrogen and oxygen atoms in total. The fourth-order valence-corrected chi connectivity index (χ4v) is 1.87. The van der Waals surface area contributed by atoms with Gasteiger partial charge in [0.05, 0.1) is 12.5 Å². The Balaban J connectivity index is 2.18. The van der Waals surface area contributed by atoms with Crippen molar-refractivity contribution < 1.29 is 9.52 Å². The first-order valence-electron chi connectivity index (χ1n) is 6.02. The molecule has 0 bridgehead atoms. The first kappa shape index (κ1) is 11.9. The molecule has 0 fully saturated rings. The highest BCUT2D eigenvalue weighted by Crippen LogP contribution is 2.25. The summed E-state index contributed by atoms with van der Waals surface area (Å²) in [6, 6.07) is 9.94. The summed E-state index contributed by atoms with van der Waals surface area (Å²) in [7, 11) is 0. The highest BCUT2D eigenvalue weighted by Gasteiger charge is 2.12. The fraction of sp³-hybridized carbons (Fsp3) is 0.333. The molecule has 1 aromatic carbocycles. The van der Waals surface area contributed by atoms with E-state index in [-0.39, 0.29) is 0 Å². The van der Waals surface area contributed by atoms with Gasteiger partial charge in [0.2, 0.25) is 0 Å². The van der Waals surface area contributed by atoms with Gasteiger partial charge in [0, 0.05) is 5.56 Å². The zero-order chi connectivity index (χ0) is 12.3. The SMILES string of the molecule is CCC(C)c1ccc(C(O)c2ccoc2)cc1. The highest BCUT2D eigenvalue weighted by molar-refractivity contribution is 5.31. The molecule has 0 saturated carbocycles. The second-order valence-corrected chi connectivity index (χ2v) is 4.44. The van der Waals surface area contributed by atoms with Crippen LogP contribution in [0.5, 0.6) is 0 Å². The zero-order valence-corrected chi connectivity index (χ0v) is 10.3. The molecule has 90 valence electrons. The molecule has 2 unspecified atom stereocenters. The Morgan fingerprint density at radius 3 is 2.24 bits per heavy atom. The van der Waals surface area contributed by atoms with Gasteiger partial charge >= 0.3 is 0 Å². The predicted octanol–water partition coefficient (Wildman–Crippen LogP) is 3.87. The molecule has 2 rings (SSSR count). The topological polar surface area (TPSA) is 33.4 Å². The summed E-state index contributed by atoms with van der Waals surface area (Å²) in [6.45, 7) is 4.39. The lowest BCUT2D eigenvalue weighted by Crippen LogP contribution is -1.99. The van der Waals surface area contributed by atoms with Crippen LogP contribution in [-0.4, -0.2) is 5.11 Å². The van der Waals surface area contributed by atoms with Crippen LogP contribution in [0.1, 0.15) is 49.0 Å². The van der Waals surface area contributed by atoms with E-state index >= 15 is 0 Å². The van der Waals surface area contributed by atoms with Gasteiger partial charge in [0.15, 0.2) is 0 Å². The summed E-state index contributed by atoms with van der Waals surface area (Å²) in [5.41, 5.74) is 3.01. The summed E-state index contributed by atoms with van der Waals surface area (Å²) in [5, 5.41) is 10.1. The Labute approximate surface area is 102 Å². The number of hydrogen-bond acceptors (Lipinski definition) is 2. The largest absolute Gasteiger partial charge is 0.472 e. The van der Waals surface area contributed by atoms with E-state index in [0.29, 0.717) is 5.92 Å². The number of aliphatic hydroxyl groups is 1. The van der Waals surface area contributed by atoms with Crippen LogP contribution >= 0.6 is 0 Å². The summed E-state index contributed by atoms with van der Waals surface area (Å²) >= 11 is 0. The fourth-order valence-electron chi connectivity index (χ4n) is 1.87. The molecule has 2 heteroatoms. The Bertz CT molecular complexity index is 442. The molecule has 1 heterocycles. The van der Waals surface area contributed by atoms with E-state index in [1.807, 2.05) is 12.1 Å². The van der Waals surface area contributed by atoms with Crippen LogP contribution in [0.3, 0.4) is 0 Å². The van der Waals surface area contributed by atoms with Gasteiger partial charge in [-0.2, -0.15) is 0 Å². The number of rotatable bonds is 4. The number of furan rings is 1. The molecule has 0 amide bonds. The lowest BCUT2D eigenvalue weighted by Gasteiger charge is -2.12. The molecule has 1 N–H and O–H groups in total. The summed E-state index contributed by atoms with van der Waals surface area (Å²) < 4.78 is 4.98. The maximum absolute atomic E-state index is 10.1. The Morgan fingerprint density at radius 2 is 1.71 bits per heavy atom. The Morgan fingerprint density at radius 1 is 1.06 bits per heavy atom. The number of hydrogen-bond donors (Lipinski definition) is 1. The molecule has 0 aliphatic carbocycles. The Kier molecular flexibility index (Phi) is 3.64. The Hall–Kier alpha value is -1.54. The van der Waals surface area contributed by atoms with Gasteiger partial charge in [-0.05, 0) is 29.5 Å². The third kappa shape index (κ3) is 2.59. The van der Waals surface area contributed by atoms with Crippen molar-refractivity contribution in [2.24, 2.45) is 0 Å². The van der Waals surface area contributed by atoms with E-state index in [2.05, 4.69) is 26.0 Å². The van der Waals surface area contributed by atoms with Crippen LogP contribution in [0.25, 0.3) is 0 Å². The van der Waals surface area contributed by atoms with Crippen molar-refractivity contribution in [3.05, 3.63) is 59.5 Å². The van der Waals surface area contributed by atoms with Crippen LogP contribution in [0.2, 0.25) is 0 Å². The maximum Gasteiger partial charge on any atom is 0.107 e. The van der Waals surface area contributed by atoms with E-state index in [1.54, 1.807) is 18.6 Å². The number of benzene rings is 1. The third-order valence-electron chi connectivity index (χ3n) is 3.29. The molecule has 2 aromatic rings. The standard InChI is InChI=1S/C15H18O2/c1-3-11(2)12-4-6-13(7-5-12)15(16)14-8-9-17-10-14/h4-11,15-16H,3H2,1-2H3. The van der Waals surface area contributed by atoms with Crippen molar-refractivity contribution in [3.8, 4) is 0 Å². The molecular weight excluding hydrogens is 212 g/mol. The van der Waals surface area contributed by atoms with Gasteiger partial charge in [-0.1, -0.05) is 38.1 Å². The summed E-state index contributed by atoms with van der Waals surface area (Å²) in [4.78, 5) is 0. The predicted molar refractivity (Wildman–Crippen MR) is 67.9 cm³/mol. The zero-order valence-electron chi connectivity index (χ0n) is 10.3. The second kappa shape index (κ2) is 5.19. The quantitative estimate of drug-likeness (QED) is 0.864. The minimum Gasteiger partial charge on any atom is -0.472 e. The van der Waals surface area contributed by atoms with Crippen LogP contribution in [0.4, 0.5) is 0 Å². The molecule has 0 spiro atoms. The molecule has 0 radical (unpaired) electrons. The molecule has 0 aliphatic rings. The van der Waals surface area contributed by atoms with Crippen LogP contribution < -0.4 is 0 Å². The second-order valence-electron chi connectivity index (χ2n) is 4.44. The lowest BCUT2D eigenvalue weighted by molar-refractivity contribution is 0.219. The lowest BCUT2D eigenvalue weighted by atomic mass is 9.95. The molecular formula is C15H18O2. The summed E-state index contributed by atoms with van der Waals surface area (Å²) in [6.07, 6.45) is 3.68. The normalized spacial score (nSPS) is 14.5. The molecule has 17 heavy (non-hydrogen) atoms. The highest BCUT2D eigenvalue weighted by atomic mass is 16.3. The minimum atomic E-state index is -0.597. The molecule has 1 aromatic heterocycles. The molecule has 2 atom stereocenters. The first-order chi connectivity index (χ1) is 8.22. The van der Waals surface area contributed by atoms with Crippen molar-refractivity contribution in [2.45, 2.75) is 32.3 Å². The van der Waals surface area contributed by atoms with Gasteiger partial charge < -0.3 is 9.52 Å². The van der Waals surface area contributed by atoms with Crippen LogP contribution in [0.15, 0.2) is 47.3 Å². The average Bonchev–Trinajstić information content (AvgIpc) is 2.91. The van der Waals surface area contributed by atoms with E-state index in [9.17, 15) is 5.11 Å². The van der Waals surface area contributed by atoms with E-state index < -0.39 is 6.10 Å². The van der Waals surface area contributed by atoms with E-state index in [0.717, 1.165) is 17.5 Å². The van der Waals surface area contributed by atoms with Crippen molar-refractivity contribution in [1.82, 2.24) is 0 Å². The number of aliphatic hydroxyl groups excluding tert-OH is 1. The van der Waals surface area contributed by atoms with E-state index in [1.165, 1.54) is 5.56 Å². The molecule has 0 aliphatic heterocycles. The first-order valence-corrected chi connectivity index (χ1v) is 6.02. The maximum atomic E-state index is 10.1. The monoisotopic (exact) mass is 230 g/mol. The van der Waals surface area contributed by atoms with Crippen molar-refractivity contribution in [2.75, 3.05) is 0 Å². The summed E-state index contributed by atoms with van der Waals surface area (Å²) in [5.74, 6) is 0.565. The average molecular weight is 230 g/mol. The third-order valence-corrected chi connectivity index (χ3v) is 3.29.